The lowest BCUT2D eigenvalue weighted by molar-refractivity contribution is -0.383. The van der Waals surface area contributed by atoms with Gasteiger partial charge in [-0.05, 0) is 39.5 Å². The summed E-state index contributed by atoms with van der Waals surface area (Å²) in [5.41, 5.74) is 0.452. The Morgan fingerprint density at radius 1 is 0.893 bits per heavy atom. The van der Waals surface area contributed by atoms with E-state index in [1.54, 1.807) is 18.3 Å². The number of nitrogens with one attached hydrogen (secondary N) is 2. The number of pyridine rings is 1. The van der Waals surface area contributed by atoms with E-state index in [9.17, 15) is 10.1 Å². The minimum absolute atomic E-state index is 0.0533. The largest absolute Gasteiger partial charge is 0.353 e. The monoisotopic (exact) mass is 436 g/mol. The Kier molecular flexibility index (Phi) is 4.81. The first-order valence-corrected chi connectivity index (χ1v) is 9.04. The van der Waals surface area contributed by atoms with Crippen LogP contribution in [0.2, 0.25) is 0 Å². The van der Waals surface area contributed by atoms with E-state index in [4.69, 9.17) is 0 Å². The fourth-order valence-corrected chi connectivity index (χ4v) is 3.00. The summed E-state index contributed by atoms with van der Waals surface area (Å²) in [5, 5.41) is 19.7. The van der Waals surface area contributed by atoms with Gasteiger partial charge in [-0.2, -0.15) is 0 Å². The van der Waals surface area contributed by atoms with Crippen LogP contribution in [-0.4, -0.2) is 19.9 Å². The Morgan fingerprint density at radius 2 is 1.64 bits per heavy atom. The highest BCUT2D eigenvalue weighted by molar-refractivity contribution is 9.10. The number of rotatable bonds is 5. The smallest absolute Gasteiger partial charge is 0.334 e. The van der Waals surface area contributed by atoms with Crippen LogP contribution in [0, 0.1) is 10.1 Å². The zero-order chi connectivity index (χ0) is 19.5. The molecule has 0 amide bonds. The van der Waals surface area contributed by atoms with Gasteiger partial charge in [-0.3, -0.25) is 10.1 Å². The molecule has 0 spiro atoms. The van der Waals surface area contributed by atoms with Gasteiger partial charge in [0.1, 0.15) is 12.1 Å². The second-order valence-corrected chi connectivity index (χ2v) is 6.73. The van der Waals surface area contributed by atoms with Crippen molar-refractivity contribution in [3.63, 3.8) is 0 Å². The molecule has 0 aliphatic carbocycles. The van der Waals surface area contributed by atoms with Crippen molar-refractivity contribution in [2.75, 3.05) is 10.6 Å². The van der Waals surface area contributed by atoms with Gasteiger partial charge < -0.3 is 10.6 Å². The SMILES string of the molecule is O=[N+]([O-])c1c(Nc2ccc(Br)cn2)ncnc1Nc1cccc2ccccc12. The summed E-state index contributed by atoms with van der Waals surface area (Å²) in [5.74, 6) is 0.578. The lowest BCUT2D eigenvalue weighted by atomic mass is 10.1. The van der Waals surface area contributed by atoms with Gasteiger partial charge in [0.25, 0.3) is 0 Å². The first kappa shape index (κ1) is 17.8. The van der Waals surface area contributed by atoms with Gasteiger partial charge in [0.15, 0.2) is 0 Å². The molecule has 0 aliphatic heterocycles. The van der Waals surface area contributed by atoms with Crippen molar-refractivity contribution in [2.24, 2.45) is 0 Å². The van der Waals surface area contributed by atoms with Crippen LogP contribution in [0.15, 0.2) is 71.6 Å². The number of anilines is 4. The van der Waals surface area contributed by atoms with Crippen LogP contribution in [0.25, 0.3) is 10.8 Å². The van der Waals surface area contributed by atoms with Crippen LogP contribution >= 0.6 is 15.9 Å². The highest BCUT2D eigenvalue weighted by atomic mass is 79.9. The molecule has 28 heavy (non-hydrogen) atoms. The summed E-state index contributed by atoms with van der Waals surface area (Å²) >= 11 is 3.30. The second kappa shape index (κ2) is 7.57. The van der Waals surface area contributed by atoms with E-state index in [0.29, 0.717) is 11.5 Å². The van der Waals surface area contributed by atoms with E-state index in [-0.39, 0.29) is 17.3 Å². The number of fused-ring (bicyclic) bond motifs is 1. The summed E-state index contributed by atoms with van der Waals surface area (Å²) in [6, 6.07) is 16.9. The number of nitrogens with zero attached hydrogens (tertiary/aromatic N) is 4. The zero-order valence-corrected chi connectivity index (χ0v) is 15.9. The molecule has 138 valence electrons. The van der Waals surface area contributed by atoms with Crippen molar-refractivity contribution in [3.8, 4) is 0 Å². The third-order valence-corrected chi connectivity index (χ3v) is 4.49. The number of benzene rings is 2. The molecule has 2 N–H and O–H groups in total. The number of aromatic nitrogens is 3. The van der Waals surface area contributed by atoms with Gasteiger partial charge in [-0.1, -0.05) is 36.4 Å². The summed E-state index contributed by atoms with van der Waals surface area (Å²) in [7, 11) is 0. The van der Waals surface area contributed by atoms with Crippen molar-refractivity contribution in [3.05, 3.63) is 81.7 Å². The predicted octanol–water partition coefficient (Wildman–Crippen LogP) is 5.18. The van der Waals surface area contributed by atoms with Crippen molar-refractivity contribution in [1.29, 1.82) is 0 Å². The van der Waals surface area contributed by atoms with E-state index in [2.05, 4.69) is 41.5 Å². The van der Waals surface area contributed by atoms with Crippen LogP contribution in [0.3, 0.4) is 0 Å². The number of halogens is 1. The predicted molar refractivity (Wildman–Crippen MR) is 111 cm³/mol. The highest BCUT2D eigenvalue weighted by Crippen LogP contribution is 2.34. The molecule has 0 fully saturated rings. The maximum atomic E-state index is 11.8. The quantitative estimate of drug-likeness (QED) is 0.327. The average Bonchev–Trinajstić information content (AvgIpc) is 2.70. The first-order chi connectivity index (χ1) is 13.6. The molecule has 0 unspecified atom stereocenters. The third-order valence-electron chi connectivity index (χ3n) is 4.02. The molecule has 0 bridgehead atoms. The highest BCUT2D eigenvalue weighted by Gasteiger charge is 2.24. The zero-order valence-electron chi connectivity index (χ0n) is 14.3. The fraction of sp³-hybridized carbons (Fsp3) is 0. The van der Waals surface area contributed by atoms with Crippen LogP contribution in [0.1, 0.15) is 0 Å². The third kappa shape index (κ3) is 3.60. The molecule has 2 aromatic heterocycles. The topological polar surface area (TPSA) is 106 Å². The molecule has 0 saturated carbocycles. The van der Waals surface area contributed by atoms with E-state index in [0.717, 1.165) is 15.2 Å². The fourth-order valence-electron chi connectivity index (χ4n) is 2.77. The van der Waals surface area contributed by atoms with Crippen LogP contribution in [0.4, 0.5) is 28.8 Å². The number of nitro groups is 1. The van der Waals surface area contributed by atoms with Crippen molar-refractivity contribution < 1.29 is 4.92 Å². The molecule has 0 radical (unpaired) electrons. The Morgan fingerprint density at radius 3 is 2.39 bits per heavy atom. The van der Waals surface area contributed by atoms with Gasteiger partial charge in [0.05, 0.1) is 4.92 Å². The Bertz CT molecular complexity index is 1160. The maximum absolute atomic E-state index is 11.8. The second-order valence-electron chi connectivity index (χ2n) is 5.81. The Hall–Kier alpha value is -3.59. The van der Waals surface area contributed by atoms with Crippen LogP contribution in [-0.2, 0) is 0 Å². The molecule has 2 aromatic carbocycles. The van der Waals surface area contributed by atoms with Gasteiger partial charge in [0.2, 0.25) is 11.6 Å². The van der Waals surface area contributed by atoms with Crippen molar-refractivity contribution in [2.45, 2.75) is 0 Å². The van der Waals surface area contributed by atoms with Crippen molar-refractivity contribution >= 4 is 55.5 Å². The molecule has 2 heterocycles. The lowest BCUT2D eigenvalue weighted by Gasteiger charge is -2.11. The number of hydrogen-bond donors (Lipinski definition) is 2. The number of hydrogen-bond acceptors (Lipinski definition) is 7. The molecule has 4 aromatic rings. The van der Waals surface area contributed by atoms with E-state index in [1.807, 2.05) is 42.5 Å². The Balaban J connectivity index is 1.74. The van der Waals surface area contributed by atoms with Crippen LogP contribution < -0.4 is 10.6 Å². The van der Waals surface area contributed by atoms with E-state index in [1.165, 1.54) is 6.33 Å². The molecular formula is C19H13BrN6O2. The van der Waals surface area contributed by atoms with E-state index >= 15 is 0 Å². The average molecular weight is 437 g/mol. The molecular weight excluding hydrogens is 424 g/mol. The molecule has 0 aliphatic rings. The summed E-state index contributed by atoms with van der Waals surface area (Å²) in [6.45, 7) is 0. The van der Waals surface area contributed by atoms with Crippen molar-refractivity contribution in [1.82, 2.24) is 15.0 Å². The van der Waals surface area contributed by atoms with E-state index < -0.39 is 4.92 Å². The van der Waals surface area contributed by atoms with Gasteiger partial charge in [-0.15, -0.1) is 0 Å². The summed E-state index contributed by atoms with van der Waals surface area (Å²) in [6.07, 6.45) is 2.85. The minimum Gasteiger partial charge on any atom is -0.334 e. The molecule has 8 nitrogen and oxygen atoms in total. The van der Waals surface area contributed by atoms with Gasteiger partial charge >= 0.3 is 5.69 Å². The molecule has 0 saturated heterocycles. The molecule has 4 rings (SSSR count). The lowest BCUT2D eigenvalue weighted by Crippen LogP contribution is -2.06. The maximum Gasteiger partial charge on any atom is 0.353 e. The van der Waals surface area contributed by atoms with Crippen LogP contribution in [0.5, 0.6) is 0 Å². The summed E-state index contributed by atoms with van der Waals surface area (Å²) in [4.78, 5) is 23.5. The first-order valence-electron chi connectivity index (χ1n) is 8.24. The summed E-state index contributed by atoms with van der Waals surface area (Å²) < 4.78 is 0.800. The molecule has 0 atom stereocenters. The van der Waals surface area contributed by atoms with Gasteiger partial charge in [-0.25, -0.2) is 15.0 Å². The minimum atomic E-state index is -0.519. The van der Waals surface area contributed by atoms with Gasteiger partial charge in [0, 0.05) is 21.7 Å². The molecule has 9 heteroatoms. The standard InChI is InChI=1S/C19H13BrN6O2/c20-13-8-9-16(21-10-13)25-19-17(26(27)28)18(22-11-23-19)24-15-7-3-5-12-4-1-2-6-14(12)15/h1-11H,(H2,21,22,23,24,25). The Labute approximate surface area is 168 Å². The normalized spacial score (nSPS) is 10.6.